The van der Waals surface area contributed by atoms with Crippen molar-refractivity contribution in [2.75, 3.05) is 16.4 Å². The van der Waals surface area contributed by atoms with Gasteiger partial charge in [-0.25, -0.2) is 8.42 Å². The summed E-state index contributed by atoms with van der Waals surface area (Å²) in [7, 11) is -3.05. The van der Waals surface area contributed by atoms with Crippen molar-refractivity contribution in [3.8, 4) is 0 Å². The Morgan fingerprint density at radius 3 is 2.56 bits per heavy atom. The van der Waals surface area contributed by atoms with E-state index in [2.05, 4.69) is 4.99 Å². The van der Waals surface area contributed by atoms with Crippen LogP contribution in [0.4, 0.5) is 5.69 Å². The Bertz CT molecular complexity index is 854. The summed E-state index contributed by atoms with van der Waals surface area (Å²) < 4.78 is 24.2. The van der Waals surface area contributed by atoms with Crippen LogP contribution in [0.5, 0.6) is 0 Å². The molecule has 25 heavy (non-hydrogen) atoms. The van der Waals surface area contributed by atoms with Gasteiger partial charge in [-0.15, -0.1) is 0 Å². The number of anilines is 1. The quantitative estimate of drug-likeness (QED) is 0.749. The molecule has 136 valence electrons. The number of rotatable bonds is 1. The first-order chi connectivity index (χ1) is 11.5. The molecule has 7 heteroatoms. The molecule has 1 amide bonds. The molecule has 2 heterocycles. The Kier molecular flexibility index (Phi) is 4.52. The van der Waals surface area contributed by atoms with Crippen molar-refractivity contribution in [1.82, 2.24) is 0 Å². The second-order valence-corrected chi connectivity index (χ2v) is 11.2. The zero-order valence-corrected chi connectivity index (χ0v) is 16.9. The highest BCUT2D eigenvalue weighted by atomic mass is 32.2. The molecule has 2 fully saturated rings. The van der Waals surface area contributed by atoms with E-state index in [1.165, 1.54) is 11.8 Å². The number of nitrogens with zero attached hydrogens (tertiary/aromatic N) is 2. The highest BCUT2D eigenvalue weighted by molar-refractivity contribution is 8.16. The van der Waals surface area contributed by atoms with E-state index in [1.54, 1.807) is 0 Å². The summed E-state index contributed by atoms with van der Waals surface area (Å²) in [4.78, 5) is 18.8. The number of amidine groups is 1. The maximum Gasteiger partial charge on any atom is 0.253 e. The van der Waals surface area contributed by atoms with Gasteiger partial charge in [0.15, 0.2) is 15.0 Å². The molecule has 0 spiro atoms. The molecule has 2 aliphatic rings. The van der Waals surface area contributed by atoms with Gasteiger partial charge >= 0.3 is 0 Å². The van der Waals surface area contributed by atoms with Gasteiger partial charge < -0.3 is 4.90 Å². The molecule has 2 aliphatic heterocycles. The van der Waals surface area contributed by atoms with Crippen molar-refractivity contribution in [3.05, 3.63) is 29.3 Å². The molecule has 0 N–H and O–H groups in total. The van der Waals surface area contributed by atoms with Gasteiger partial charge in [0, 0.05) is 16.4 Å². The second-order valence-electron chi connectivity index (χ2n) is 7.84. The number of benzene rings is 1. The van der Waals surface area contributed by atoms with E-state index in [1.807, 2.05) is 57.7 Å². The van der Waals surface area contributed by atoms with Gasteiger partial charge in [0.2, 0.25) is 0 Å². The van der Waals surface area contributed by atoms with Crippen LogP contribution in [0.25, 0.3) is 0 Å². The van der Waals surface area contributed by atoms with Gasteiger partial charge in [-0.3, -0.25) is 4.79 Å². The number of hydrogen-bond acceptors (Lipinski definition) is 4. The highest BCUT2D eigenvalue weighted by Gasteiger charge is 2.49. The van der Waals surface area contributed by atoms with Crippen molar-refractivity contribution in [3.63, 3.8) is 0 Å². The number of amides is 1. The lowest BCUT2D eigenvalue weighted by Gasteiger charge is -2.27. The normalized spacial score (nSPS) is 26.9. The van der Waals surface area contributed by atoms with Crippen LogP contribution < -0.4 is 4.90 Å². The largest absolute Gasteiger partial charge is 0.315 e. The molecule has 2 saturated heterocycles. The topological polar surface area (TPSA) is 66.8 Å². The highest BCUT2D eigenvalue weighted by Crippen LogP contribution is 2.42. The third kappa shape index (κ3) is 3.49. The predicted octanol–water partition coefficient (Wildman–Crippen LogP) is 2.95. The summed E-state index contributed by atoms with van der Waals surface area (Å²) in [5.41, 5.74) is 2.60. The molecule has 0 radical (unpaired) electrons. The summed E-state index contributed by atoms with van der Waals surface area (Å²) in [6.45, 7) is 9.57. The van der Waals surface area contributed by atoms with Gasteiger partial charge in [-0.05, 0) is 31.0 Å². The van der Waals surface area contributed by atoms with Gasteiger partial charge in [-0.1, -0.05) is 44.7 Å². The lowest BCUT2D eigenvalue weighted by molar-refractivity contribution is -0.124. The minimum atomic E-state index is -3.05. The third-order valence-electron chi connectivity index (χ3n) is 4.74. The number of aryl methyl sites for hydroxylation is 1. The van der Waals surface area contributed by atoms with E-state index < -0.39 is 15.3 Å². The van der Waals surface area contributed by atoms with Crippen LogP contribution in [-0.4, -0.2) is 42.3 Å². The Morgan fingerprint density at radius 2 is 1.92 bits per heavy atom. The molecule has 0 bridgehead atoms. The number of aliphatic imine (C=N–C) groups is 1. The van der Waals surface area contributed by atoms with E-state index in [4.69, 9.17) is 0 Å². The molecule has 1 aromatic carbocycles. The zero-order chi connectivity index (χ0) is 18.6. The van der Waals surface area contributed by atoms with E-state index in [9.17, 15) is 13.2 Å². The number of carbonyl (C=O) groups excluding carboxylic acids is 1. The van der Waals surface area contributed by atoms with E-state index in [-0.39, 0.29) is 28.7 Å². The smallest absolute Gasteiger partial charge is 0.253 e. The minimum Gasteiger partial charge on any atom is -0.315 e. The van der Waals surface area contributed by atoms with Gasteiger partial charge in [0.1, 0.15) is 0 Å². The molecule has 0 unspecified atom stereocenters. The Hall–Kier alpha value is -1.34. The second kappa shape index (κ2) is 6.13. The van der Waals surface area contributed by atoms with E-state index in [0.29, 0.717) is 5.17 Å². The Morgan fingerprint density at radius 1 is 1.24 bits per heavy atom. The molecule has 0 aromatic heterocycles. The van der Waals surface area contributed by atoms with Crippen molar-refractivity contribution in [2.24, 2.45) is 10.4 Å². The Labute approximate surface area is 153 Å². The summed E-state index contributed by atoms with van der Waals surface area (Å²) in [6.07, 6.45) is 0. The molecular formula is C18H24N2O3S2. The average molecular weight is 381 g/mol. The lowest BCUT2D eigenvalue weighted by Crippen LogP contribution is -2.38. The monoisotopic (exact) mass is 380 g/mol. The molecule has 0 saturated carbocycles. The maximum absolute atomic E-state index is 12.5. The number of sulfone groups is 1. The molecular weight excluding hydrogens is 356 g/mol. The fourth-order valence-electron chi connectivity index (χ4n) is 3.10. The van der Waals surface area contributed by atoms with Crippen LogP contribution in [0.2, 0.25) is 0 Å². The van der Waals surface area contributed by atoms with Crippen LogP contribution in [-0.2, 0) is 14.6 Å². The number of hydrogen-bond donors (Lipinski definition) is 0. The first kappa shape index (κ1) is 18.5. The van der Waals surface area contributed by atoms with Gasteiger partial charge in [-0.2, -0.15) is 4.99 Å². The van der Waals surface area contributed by atoms with Crippen molar-refractivity contribution < 1.29 is 13.2 Å². The number of thioether (sulfide) groups is 1. The molecule has 3 rings (SSSR count). The van der Waals surface area contributed by atoms with Crippen molar-refractivity contribution >= 4 is 38.4 Å². The van der Waals surface area contributed by atoms with Crippen LogP contribution in [0.15, 0.2) is 23.2 Å². The summed E-state index contributed by atoms with van der Waals surface area (Å²) in [5, 5.41) is 0.551. The standard InChI is InChI=1S/C18H24N2O3S2/c1-11-7-6-8-13(12(11)2)20-14-9-25(22,23)10-15(14)24-17(20)19-16(21)18(3,4)5/h6-8,14-15H,9-10H2,1-5H3/t14-,15+/m1/s1. The predicted molar refractivity (Wildman–Crippen MR) is 104 cm³/mol. The summed E-state index contributed by atoms with van der Waals surface area (Å²) in [5.74, 6) is 0.0702. The fourth-order valence-corrected chi connectivity index (χ4v) is 7.00. The third-order valence-corrected chi connectivity index (χ3v) is 7.95. The van der Waals surface area contributed by atoms with Gasteiger partial charge in [0.05, 0.1) is 17.5 Å². The van der Waals surface area contributed by atoms with E-state index >= 15 is 0 Å². The van der Waals surface area contributed by atoms with E-state index in [0.717, 1.165) is 16.8 Å². The van der Waals surface area contributed by atoms with Crippen LogP contribution in [0.3, 0.4) is 0 Å². The number of carbonyl (C=O) groups is 1. The van der Waals surface area contributed by atoms with Gasteiger partial charge in [0.25, 0.3) is 5.91 Å². The van der Waals surface area contributed by atoms with Crippen LogP contribution in [0.1, 0.15) is 31.9 Å². The summed E-state index contributed by atoms with van der Waals surface area (Å²) >= 11 is 1.42. The maximum atomic E-state index is 12.5. The van der Waals surface area contributed by atoms with Crippen LogP contribution >= 0.6 is 11.8 Å². The lowest BCUT2D eigenvalue weighted by atomic mass is 9.96. The molecule has 5 nitrogen and oxygen atoms in total. The molecule has 2 atom stereocenters. The van der Waals surface area contributed by atoms with Crippen LogP contribution in [0, 0.1) is 19.3 Å². The zero-order valence-electron chi connectivity index (χ0n) is 15.2. The van der Waals surface area contributed by atoms with Crippen molar-refractivity contribution in [1.29, 1.82) is 0 Å². The Balaban J connectivity index is 2.09. The first-order valence-electron chi connectivity index (χ1n) is 8.35. The first-order valence-corrected chi connectivity index (χ1v) is 11.1. The fraction of sp³-hybridized carbons (Fsp3) is 0.556. The van der Waals surface area contributed by atoms with Crippen molar-refractivity contribution in [2.45, 2.75) is 45.9 Å². The summed E-state index contributed by atoms with van der Waals surface area (Å²) in [6, 6.07) is 5.81. The number of fused-ring (bicyclic) bond motifs is 1. The average Bonchev–Trinajstić information content (AvgIpc) is 2.92. The minimum absolute atomic E-state index is 0.0727. The molecule has 0 aliphatic carbocycles. The molecule has 1 aromatic rings. The SMILES string of the molecule is Cc1cccc(N2C(=NC(=O)C(C)(C)C)S[C@H]3CS(=O)(=O)C[C@H]32)c1C.